The summed E-state index contributed by atoms with van der Waals surface area (Å²) in [5.74, 6) is 0. The summed E-state index contributed by atoms with van der Waals surface area (Å²) in [5.41, 5.74) is 0. The van der Waals surface area contributed by atoms with Crippen molar-refractivity contribution in [1.29, 1.82) is 0 Å². The average Bonchev–Trinajstić information content (AvgIpc) is 2.68. The molecular weight excluding hydrogens is 354 g/mol. The van der Waals surface area contributed by atoms with Gasteiger partial charge in [0, 0.05) is 13.2 Å². The van der Waals surface area contributed by atoms with Crippen molar-refractivity contribution in [2.75, 3.05) is 60.6 Å². The Kier molecular flexibility index (Phi) is 19.9. The van der Waals surface area contributed by atoms with Crippen LogP contribution in [0, 0.1) is 0 Å². The lowest BCUT2D eigenvalue weighted by Crippen LogP contribution is -2.47. The molecule has 0 aromatic rings. The Labute approximate surface area is 175 Å². The zero-order valence-electron chi connectivity index (χ0n) is 19.7. The first-order chi connectivity index (χ1) is 13.6. The summed E-state index contributed by atoms with van der Waals surface area (Å²) >= 11 is 0. The molecule has 0 spiro atoms. The maximum atomic E-state index is 5.96. The third-order valence-electron chi connectivity index (χ3n) is 5.20. The first-order valence-corrected chi connectivity index (χ1v) is 11.7. The van der Waals surface area contributed by atoms with E-state index >= 15 is 0 Å². The number of unbranched alkanes of at least 4 members (excludes halogenated alkanes) is 8. The summed E-state index contributed by atoms with van der Waals surface area (Å²) < 4.78 is 23.9. The van der Waals surface area contributed by atoms with Gasteiger partial charge >= 0.3 is 0 Å². The van der Waals surface area contributed by atoms with Crippen LogP contribution in [-0.4, -0.2) is 71.2 Å². The van der Waals surface area contributed by atoms with Crippen LogP contribution in [0.1, 0.15) is 85.0 Å². The van der Waals surface area contributed by atoms with Gasteiger partial charge in [0.2, 0.25) is 0 Å². The average molecular weight is 405 g/mol. The summed E-state index contributed by atoms with van der Waals surface area (Å²) in [6.45, 7) is 11.5. The second kappa shape index (κ2) is 20.1. The highest BCUT2D eigenvalue weighted by Crippen LogP contribution is 2.06. The molecule has 28 heavy (non-hydrogen) atoms. The third kappa shape index (κ3) is 19.1. The van der Waals surface area contributed by atoms with Gasteiger partial charge in [-0.15, -0.1) is 0 Å². The Morgan fingerprint density at radius 1 is 0.643 bits per heavy atom. The van der Waals surface area contributed by atoms with Crippen molar-refractivity contribution < 1.29 is 23.4 Å². The summed E-state index contributed by atoms with van der Waals surface area (Å²) in [7, 11) is 4.44. The molecule has 5 heteroatoms. The lowest BCUT2D eigenvalue weighted by atomic mass is 10.2. The molecule has 1 unspecified atom stereocenters. The maximum Gasteiger partial charge on any atom is 0.147 e. The number of ether oxygens (including phenoxy) is 4. The number of nitrogens with zero attached hydrogens (tertiary/aromatic N) is 1. The molecule has 0 bridgehead atoms. The minimum absolute atomic E-state index is 0.0307. The molecule has 5 nitrogen and oxygen atoms in total. The maximum absolute atomic E-state index is 5.96. The molecule has 0 aliphatic heterocycles. The molecule has 0 aliphatic rings. The second-order valence-electron chi connectivity index (χ2n) is 8.47. The normalized spacial score (nSPS) is 13.2. The van der Waals surface area contributed by atoms with Gasteiger partial charge in [-0.2, -0.15) is 0 Å². The van der Waals surface area contributed by atoms with Crippen LogP contribution < -0.4 is 0 Å². The Balaban J connectivity index is 3.86. The monoisotopic (exact) mass is 404 g/mol. The molecule has 170 valence electrons. The highest BCUT2D eigenvalue weighted by atomic mass is 16.7. The molecular formula is C23H50NO4+. The van der Waals surface area contributed by atoms with E-state index < -0.39 is 0 Å². The fraction of sp³-hybridized carbons (Fsp3) is 1.00. The predicted molar refractivity (Wildman–Crippen MR) is 117 cm³/mol. The van der Waals surface area contributed by atoms with E-state index in [1.165, 1.54) is 51.4 Å². The molecule has 0 saturated heterocycles. The van der Waals surface area contributed by atoms with Crippen LogP contribution in [0.2, 0.25) is 0 Å². The second-order valence-corrected chi connectivity index (χ2v) is 8.47. The fourth-order valence-electron chi connectivity index (χ4n) is 2.95. The van der Waals surface area contributed by atoms with Gasteiger partial charge in [-0.1, -0.05) is 65.2 Å². The van der Waals surface area contributed by atoms with E-state index in [0.29, 0.717) is 20.2 Å². The van der Waals surface area contributed by atoms with Gasteiger partial charge < -0.3 is 23.4 Å². The van der Waals surface area contributed by atoms with E-state index in [1.54, 1.807) is 0 Å². The molecule has 0 aromatic heterocycles. The van der Waals surface area contributed by atoms with Crippen LogP contribution in [0.3, 0.4) is 0 Å². The first-order valence-electron chi connectivity index (χ1n) is 11.7. The third-order valence-corrected chi connectivity index (χ3v) is 5.20. The standard InChI is InChI=1S/C23H50NO4/c1-6-9-11-13-15-17-25-21-27-20-23(19-24(4,5)8-3)28-22-26-18-16-14-12-10-7-2/h23H,6-22H2,1-5H3/q+1. The molecule has 0 fully saturated rings. The predicted octanol–water partition coefficient (Wildman–Crippen LogP) is 5.37. The van der Waals surface area contributed by atoms with E-state index in [0.717, 1.165) is 43.6 Å². The van der Waals surface area contributed by atoms with E-state index in [1.807, 2.05) is 0 Å². The van der Waals surface area contributed by atoms with Crippen LogP contribution in [0.15, 0.2) is 0 Å². The summed E-state index contributed by atoms with van der Waals surface area (Å²) in [4.78, 5) is 0. The van der Waals surface area contributed by atoms with Gasteiger partial charge in [0.1, 0.15) is 26.2 Å². The quantitative estimate of drug-likeness (QED) is 0.138. The smallest absolute Gasteiger partial charge is 0.147 e. The first kappa shape index (κ1) is 27.8. The molecule has 0 amide bonds. The molecule has 0 radical (unpaired) electrons. The number of likely N-dealkylation sites (N-methyl/N-ethyl adjacent to an activating group) is 1. The zero-order chi connectivity index (χ0) is 20.9. The van der Waals surface area contributed by atoms with E-state index in [4.69, 9.17) is 18.9 Å². The van der Waals surface area contributed by atoms with Crippen LogP contribution in [0.5, 0.6) is 0 Å². The number of hydrogen-bond donors (Lipinski definition) is 0. The molecule has 0 aromatic carbocycles. The Bertz CT molecular complexity index is 313. The fourth-order valence-corrected chi connectivity index (χ4v) is 2.95. The lowest BCUT2D eigenvalue weighted by Gasteiger charge is -2.32. The molecule has 0 N–H and O–H groups in total. The van der Waals surface area contributed by atoms with Gasteiger partial charge in [-0.05, 0) is 19.8 Å². The Morgan fingerprint density at radius 3 is 1.71 bits per heavy atom. The number of hydrogen-bond acceptors (Lipinski definition) is 4. The largest absolute Gasteiger partial charge is 0.355 e. The Morgan fingerprint density at radius 2 is 1.18 bits per heavy atom. The topological polar surface area (TPSA) is 36.9 Å². The SMILES string of the molecule is CCCCCCCOCOCC(C[N+](C)(C)CC)OCOCCCCCCC. The molecule has 0 heterocycles. The summed E-state index contributed by atoms with van der Waals surface area (Å²) in [6.07, 6.45) is 12.6. The lowest BCUT2D eigenvalue weighted by molar-refractivity contribution is -0.891. The van der Waals surface area contributed by atoms with Gasteiger partial charge in [-0.25, -0.2) is 0 Å². The van der Waals surface area contributed by atoms with Crippen molar-refractivity contribution in [2.24, 2.45) is 0 Å². The van der Waals surface area contributed by atoms with Gasteiger partial charge in [0.05, 0.1) is 27.2 Å². The molecule has 1 atom stereocenters. The van der Waals surface area contributed by atoms with Crippen LogP contribution in [0.4, 0.5) is 0 Å². The van der Waals surface area contributed by atoms with E-state index in [9.17, 15) is 0 Å². The number of rotatable bonds is 22. The minimum Gasteiger partial charge on any atom is -0.355 e. The van der Waals surface area contributed by atoms with Crippen molar-refractivity contribution in [3.05, 3.63) is 0 Å². The molecule has 0 rings (SSSR count). The van der Waals surface area contributed by atoms with Gasteiger partial charge in [0.25, 0.3) is 0 Å². The van der Waals surface area contributed by atoms with Crippen molar-refractivity contribution in [3.8, 4) is 0 Å². The van der Waals surface area contributed by atoms with Crippen molar-refractivity contribution in [1.82, 2.24) is 0 Å². The number of quaternary nitrogens is 1. The van der Waals surface area contributed by atoms with Crippen molar-refractivity contribution >= 4 is 0 Å². The summed E-state index contributed by atoms with van der Waals surface area (Å²) in [6, 6.07) is 0. The highest BCUT2D eigenvalue weighted by molar-refractivity contribution is 4.55. The van der Waals surface area contributed by atoms with Crippen LogP contribution >= 0.6 is 0 Å². The van der Waals surface area contributed by atoms with Crippen molar-refractivity contribution in [3.63, 3.8) is 0 Å². The van der Waals surface area contributed by atoms with Crippen molar-refractivity contribution in [2.45, 2.75) is 91.1 Å². The summed E-state index contributed by atoms with van der Waals surface area (Å²) in [5, 5.41) is 0. The Hall–Kier alpha value is -0.200. The van der Waals surface area contributed by atoms with Gasteiger partial charge in [0.15, 0.2) is 0 Å². The molecule has 0 aliphatic carbocycles. The highest BCUT2D eigenvalue weighted by Gasteiger charge is 2.21. The van der Waals surface area contributed by atoms with Crippen LogP contribution in [0.25, 0.3) is 0 Å². The van der Waals surface area contributed by atoms with Gasteiger partial charge in [-0.3, -0.25) is 0 Å². The van der Waals surface area contributed by atoms with Crippen LogP contribution in [-0.2, 0) is 18.9 Å². The zero-order valence-corrected chi connectivity index (χ0v) is 19.7. The van der Waals surface area contributed by atoms with E-state index in [2.05, 4.69) is 34.9 Å². The minimum atomic E-state index is 0.0307. The van der Waals surface area contributed by atoms with E-state index in [-0.39, 0.29) is 6.10 Å². The molecule has 0 saturated carbocycles.